The van der Waals surface area contributed by atoms with Crippen LogP contribution >= 0.6 is 11.6 Å². The van der Waals surface area contributed by atoms with Gasteiger partial charge in [-0.25, -0.2) is 0 Å². The van der Waals surface area contributed by atoms with Gasteiger partial charge in [-0.15, -0.1) is 0 Å². The van der Waals surface area contributed by atoms with Crippen LogP contribution in [0, 0.1) is 0 Å². The van der Waals surface area contributed by atoms with Gasteiger partial charge < -0.3 is 14.8 Å². The van der Waals surface area contributed by atoms with Crippen LogP contribution in [0.15, 0.2) is 84.9 Å². The van der Waals surface area contributed by atoms with E-state index in [0.717, 1.165) is 22.0 Å². The van der Waals surface area contributed by atoms with Crippen LogP contribution in [-0.2, 0) is 24.4 Å². The molecule has 2 heterocycles. The third-order valence-corrected chi connectivity index (χ3v) is 6.59. The lowest BCUT2D eigenvalue weighted by molar-refractivity contribution is -0.133. The molecule has 1 atom stereocenters. The van der Waals surface area contributed by atoms with Crippen LogP contribution in [0.1, 0.15) is 28.5 Å². The van der Waals surface area contributed by atoms with Crippen molar-refractivity contribution in [3.63, 3.8) is 0 Å². The number of nitrogens with zero attached hydrogens (tertiary/aromatic N) is 2. The van der Waals surface area contributed by atoms with Crippen molar-refractivity contribution < 1.29 is 9.59 Å². The first-order valence-electron chi connectivity index (χ1n) is 10.9. The molecule has 5 nitrogen and oxygen atoms in total. The van der Waals surface area contributed by atoms with Gasteiger partial charge in [0, 0.05) is 29.0 Å². The summed E-state index contributed by atoms with van der Waals surface area (Å²) in [6, 6.07) is 27.0. The maximum absolute atomic E-state index is 13.8. The largest absolute Gasteiger partial charge is 0.350 e. The Kier molecular flexibility index (Phi) is 5.43. The second kappa shape index (κ2) is 8.41. The lowest BCUT2D eigenvalue weighted by atomic mass is 9.93. The number of aromatic nitrogens is 1. The normalized spacial score (nSPS) is 17.8. The summed E-state index contributed by atoms with van der Waals surface area (Å²) >= 11 is 6.20. The van der Waals surface area contributed by atoms with Gasteiger partial charge in [-0.1, -0.05) is 72.3 Å². The highest BCUT2D eigenvalue weighted by Crippen LogP contribution is 2.33. The molecule has 4 aromatic rings. The zero-order valence-corrected chi connectivity index (χ0v) is 19.0. The molecule has 1 aromatic heterocycles. The van der Waals surface area contributed by atoms with Crippen molar-refractivity contribution in [2.75, 3.05) is 0 Å². The first kappa shape index (κ1) is 21.3. The number of carbonyl (C=O) groups excluding carboxylic acids is 2. The molecule has 0 bridgehead atoms. The van der Waals surface area contributed by atoms with E-state index in [-0.39, 0.29) is 18.4 Å². The fourth-order valence-electron chi connectivity index (χ4n) is 4.54. The van der Waals surface area contributed by atoms with Gasteiger partial charge in [0.05, 0.1) is 6.54 Å². The third-order valence-electron chi connectivity index (χ3n) is 6.35. The molecule has 1 aliphatic heterocycles. The summed E-state index contributed by atoms with van der Waals surface area (Å²) in [7, 11) is 0. The Hall–Kier alpha value is -3.57. The smallest absolute Gasteiger partial charge is 0.271 e. The summed E-state index contributed by atoms with van der Waals surface area (Å²) < 4.78 is 1.97. The van der Waals surface area contributed by atoms with Gasteiger partial charge in [0.25, 0.3) is 5.91 Å². The highest BCUT2D eigenvalue weighted by molar-refractivity contribution is 6.30. The first-order valence-corrected chi connectivity index (χ1v) is 11.3. The molecule has 6 heteroatoms. The highest BCUT2D eigenvalue weighted by Gasteiger charge is 2.47. The van der Waals surface area contributed by atoms with Gasteiger partial charge in [-0.05, 0) is 42.3 Å². The standard InChI is InChI=1S/C27H24ClN3O2/c1-27(26(33)29-16-19-8-3-2-4-9-19)18-30-23-13-6-5-11-21(23)15-24(30)25(32)31(27)17-20-10-7-12-22(28)14-20/h2-15H,16-18H2,1H3,(H,29,33). The Bertz CT molecular complexity index is 1350. The van der Waals surface area contributed by atoms with Crippen molar-refractivity contribution in [2.45, 2.75) is 32.1 Å². The minimum absolute atomic E-state index is 0.171. The average Bonchev–Trinajstić information content (AvgIpc) is 3.19. The number of rotatable bonds is 5. The van der Waals surface area contributed by atoms with Gasteiger partial charge in [0.1, 0.15) is 11.2 Å². The first-order chi connectivity index (χ1) is 16.0. The molecule has 2 amide bonds. The topological polar surface area (TPSA) is 54.3 Å². The van der Waals surface area contributed by atoms with Crippen molar-refractivity contribution in [1.82, 2.24) is 14.8 Å². The Morgan fingerprint density at radius 2 is 1.70 bits per heavy atom. The van der Waals surface area contributed by atoms with Gasteiger partial charge in [-0.3, -0.25) is 9.59 Å². The number of hydrogen-bond acceptors (Lipinski definition) is 2. The SMILES string of the molecule is CC1(C(=O)NCc2ccccc2)Cn2c(cc3ccccc32)C(=O)N1Cc1cccc(Cl)c1. The second-order valence-electron chi connectivity index (χ2n) is 8.64. The van der Waals surface area contributed by atoms with Crippen molar-refractivity contribution in [3.05, 3.63) is 107 Å². The van der Waals surface area contributed by atoms with Gasteiger partial charge in [-0.2, -0.15) is 0 Å². The van der Waals surface area contributed by atoms with Crippen molar-refractivity contribution in [1.29, 1.82) is 0 Å². The molecule has 0 aliphatic carbocycles. The molecular weight excluding hydrogens is 434 g/mol. The number of benzene rings is 3. The van der Waals surface area contributed by atoms with Crippen molar-refractivity contribution in [2.24, 2.45) is 0 Å². The third kappa shape index (κ3) is 3.89. The van der Waals surface area contributed by atoms with Gasteiger partial charge in [0.15, 0.2) is 0 Å². The Balaban J connectivity index is 1.54. The minimum atomic E-state index is -1.08. The predicted molar refractivity (Wildman–Crippen MR) is 130 cm³/mol. The molecule has 33 heavy (non-hydrogen) atoms. The molecule has 0 fully saturated rings. The summed E-state index contributed by atoms with van der Waals surface area (Å²) in [5.74, 6) is -0.361. The second-order valence-corrected chi connectivity index (χ2v) is 9.07. The molecule has 0 saturated carbocycles. The highest BCUT2D eigenvalue weighted by atomic mass is 35.5. The summed E-state index contributed by atoms with van der Waals surface area (Å²) in [5, 5.41) is 4.64. The Morgan fingerprint density at radius 3 is 2.48 bits per heavy atom. The van der Waals surface area contributed by atoms with E-state index in [1.165, 1.54) is 0 Å². The maximum atomic E-state index is 13.8. The summed E-state index contributed by atoms with van der Waals surface area (Å²) in [6.45, 7) is 2.89. The summed E-state index contributed by atoms with van der Waals surface area (Å²) in [4.78, 5) is 29.1. The molecule has 1 unspecified atom stereocenters. The van der Waals surface area contributed by atoms with Gasteiger partial charge in [0.2, 0.25) is 5.91 Å². The van der Waals surface area contributed by atoms with Crippen LogP contribution in [0.5, 0.6) is 0 Å². The fraction of sp³-hybridized carbons (Fsp3) is 0.185. The van der Waals surface area contributed by atoms with Gasteiger partial charge >= 0.3 is 0 Å². The van der Waals surface area contributed by atoms with Crippen molar-refractivity contribution >= 4 is 34.3 Å². The van der Waals surface area contributed by atoms with E-state index < -0.39 is 5.54 Å². The molecule has 166 valence electrons. The lowest BCUT2D eigenvalue weighted by Crippen LogP contribution is -2.63. The lowest BCUT2D eigenvalue weighted by Gasteiger charge is -2.44. The van der Waals surface area contributed by atoms with Crippen LogP contribution < -0.4 is 5.32 Å². The number of para-hydroxylation sites is 1. The molecular formula is C27H24ClN3O2. The van der Waals surface area contributed by atoms with E-state index in [1.54, 1.807) is 11.0 Å². The monoisotopic (exact) mass is 457 g/mol. The zero-order chi connectivity index (χ0) is 23.0. The Morgan fingerprint density at radius 1 is 0.970 bits per heavy atom. The number of fused-ring (bicyclic) bond motifs is 3. The van der Waals surface area contributed by atoms with E-state index in [1.807, 2.05) is 90.4 Å². The fourth-order valence-corrected chi connectivity index (χ4v) is 4.75. The number of halogens is 1. The molecule has 0 saturated heterocycles. The van der Waals surface area contributed by atoms with E-state index in [4.69, 9.17) is 11.6 Å². The van der Waals surface area contributed by atoms with Crippen LogP contribution in [0.25, 0.3) is 10.9 Å². The molecule has 1 N–H and O–H groups in total. The molecule has 0 spiro atoms. The number of carbonyl (C=O) groups is 2. The maximum Gasteiger partial charge on any atom is 0.271 e. The summed E-state index contributed by atoms with van der Waals surface area (Å²) in [6.07, 6.45) is 0. The van der Waals surface area contributed by atoms with E-state index in [2.05, 4.69) is 5.32 Å². The van der Waals surface area contributed by atoms with Crippen LogP contribution in [-0.4, -0.2) is 26.8 Å². The van der Waals surface area contributed by atoms with Crippen LogP contribution in [0.4, 0.5) is 0 Å². The van der Waals surface area contributed by atoms with Crippen LogP contribution in [0.3, 0.4) is 0 Å². The van der Waals surface area contributed by atoms with E-state index >= 15 is 0 Å². The number of nitrogens with one attached hydrogen (secondary N) is 1. The zero-order valence-electron chi connectivity index (χ0n) is 18.3. The quantitative estimate of drug-likeness (QED) is 0.457. The molecule has 3 aromatic carbocycles. The number of hydrogen-bond donors (Lipinski definition) is 1. The number of amides is 2. The Labute approximate surface area is 197 Å². The molecule has 0 radical (unpaired) electrons. The van der Waals surface area contributed by atoms with Crippen molar-refractivity contribution in [3.8, 4) is 0 Å². The van der Waals surface area contributed by atoms with Crippen LogP contribution in [0.2, 0.25) is 5.02 Å². The summed E-state index contributed by atoms with van der Waals surface area (Å²) in [5.41, 5.74) is 2.34. The van der Waals surface area contributed by atoms with E-state index in [9.17, 15) is 9.59 Å². The average molecular weight is 458 g/mol. The molecule has 5 rings (SSSR count). The van der Waals surface area contributed by atoms with E-state index in [0.29, 0.717) is 23.8 Å². The minimum Gasteiger partial charge on any atom is -0.350 e. The molecule has 1 aliphatic rings. The predicted octanol–water partition coefficient (Wildman–Crippen LogP) is 5.03.